The molecule has 8 heteroatoms. The molecule has 27 heavy (non-hydrogen) atoms. The molecule has 0 radical (unpaired) electrons. The molecule has 142 valence electrons. The van der Waals surface area contributed by atoms with E-state index in [4.69, 9.17) is 10.5 Å². The van der Waals surface area contributed by atoms with Crippen LogP contribution in [0.15, 0.2) is 30.5 Å². The van der Waals surface area contributed by atoms with Crippen molar-refractivity contribution in [2.75, 3.05) is 18.6 Å². The summed E-state index contributed by atoms with van der Waals surface area (Å²) in [6, 6.07) is 7.68. The molecule has 3 N–H and O–H groups in total. The summed E-state index contributed by atoms with van der Waals surface area (Å²) in [5.74, 6) is 0.0602. The van der Waals surface area contributed by atoms with Crippen LogP contribution in [0.25, 0.3) is 21.3 Å². The van der Waals surface area contributed by atoms with Crippen LogP contribution in [0.1, 0.15) is 34.7 Å². The first-order valence-electron chi connectivity index (χ1n) is 8.67. The molecular formula is C19H20N2O4S2. The molecule has 1 amide bonds. The minimum atomic E-state index is -2.93. The Morgan fingerprint density at radius 3 is 2.63 bits per heavy atom. The van der Waals surface area contributed by atoms with Crippen LogP contribution in [-0.4, -0.2) is 37.9 Å². The summed E-state index contributed by atoms with van der Waals surface area (Å²) in [6.07, 6.45) is 3.08. The monoisotopic (exact) mass is 404 g/mol. The Hall–Kier alpha value is -2.32. The second-order valence-corrected chi connectivity index (χ2v) is 10.2. The molecule has 3 heterocycles. The van der Waals surface area contributed by atoms with Gasteiger partial charge in [0.2, 0.25) is 0 Å². The highest BCUT2D eigenvalue weighted by molar-refractivity contribution is 7.91. The molecule has 0 atom stereocenters. The molecule has 1 aliphatic rings. The van der Waals surface area contributed by atoms with Crippen LogP contribution >= 0.6 is 11.3 Å². The number of rotatable bonds is 4. The van der Waals surface area contributed by atoms with E-state index >= 15 is 0 Å². The lowest BCUT2D eigenvalue weighted by molar-refractivity contribution is 0.100. The van der Waals surface area contributed by atoms with E-state index in [9.17, 15) is 13.2 Å². The Balaban J connectivity index is 1.83. The van der Waals surface area contributed by atoms with E-state index < -0.39 is 15.7 Å². The molecule has 3 aromatic rings. The number of hydrogen-bond acceptors (Lipinski definition) is 5. The standard InChI is InChI=1S/C19H20N2O4S2/c1-25-17-3-2-16(26-17)12-8-13-15(11-4-6-27(23,24)7-5-11)10-21-18(13)14(9-12)19(20)22/h2-3,8-11,21H,4-7H2,1H3,(H2,20,22). The van der Waals surface area contributed by atoms with E-state index in [-0.39, 0.29) is 17.4 Å². The van der Waals surface area contributed by atoms with Gasteiger partial charge < -0.3 is 15.5 Å². The van der Waals surface area contributed by atoms with Crippen molar-refractivity contribution in [3.63, 3.8) is 0 Å². The molecular weight excluding hydrogens is 384 g/mol. The van der Waals surface area contributed by atoms with Crippen molar-refractivity contribution in [1.82, 2.24) is 4.98 Å². The zero-order chi connectivity index (χ0) is 19.2. The summed E-state index contributed by atoms with van der Waals surface area (Å²) in [4.78, 5) is 16.2. The maximum atomic E-state index is 12.0. The molecule has 0 saturated carbocycles. The first-order chi connectivity index (χ1) is 12.9. The first-order valence-corrected chi connectivity index (χ1v) is 11.3. The molecule has 1 fully saturated rings. The average molecular weight is 405 g/mol. The zero-order valence-electron chi connectivity index (χ0n) is 14.8. The van der Waals surface area contributed by atoms with Gasteiger partial charge in [-0.2, -0.15) is 0 Å². The summed E-state index contributed by atoms with van der Waals surface area (Å²) in [5.41, 5.74) is 8.71. The Labute approximate surface area is 161 Å². The number of carbonyl (C=O) groups is 1. The summed E-state index contributed by atoms with van der Waals surface area (Å²) in [6.45, 7) is 0. The smallest absolute Gasteiger partial charge is 0.250 e. The lowest BCUT2D eigenvalue weighted by Gasteiger charge is -2.21. The molecule has 1 saturated heterocycles. The molecule has 0 bridgehead atoms. The van der Waals surface area contributed by atoms with Crippen LogP contribution in [0.4, 0.5) is 0 Å². The number of fused-ring (bicyclic) bond motifs is 1. The van der Waals surface area contributed by atoms with Crippen LogP contribution in [0.3, 0.4) is 0 Å². The Bertz CT molecular complexity index is 1110. The van der Waals surface area contributed by atoms with Crippen molar-refractivity contribution in [3.8, 4) is 15.5 Å². The van der Waals surface area contributed by atoms with E-state index in [0.717, 1.165) is 26.5 Å². The van der Waals surface area contributed by atoms with Crippen molar-refractivity contribution < 1.29 is 17.9 Å². The third-order valence-electron chi connectivity index (χ3n) is 5.15. The van der Waals surface area contributed by atoms with E-state index in [1.807, 2.05) is 24.4 Å². The zero-order valence-corrected chi connectivity index (χ0v) is 16.5. The highest BCUT2D eigenvalue weighted by Crippen LogP contribution is 2.39. The van der Waals surface area contributed by atoms with E-state index in [1.165, 1.54) is 11.3 Å². The highest BCUT2D eigenvalue weighted by Gasteiger charge is 2.27. The number of nitrogens with one attached hydrogen (secondary N) is 1. The quantitative estimate of drug-likeness (QED) is 0.696. The van der Waals surface area contributed by atoms with Gasteiger partial charge in [-0.3, -0.25) is 4.79 Å². The van der Waals surface area contributed by atoms with Crippen molar-refractivity contribution in [1.29, 1.82) is 0 Å². The Morgan fingerprint density at radius 2 is 2.00 bits per heavy atom. The van der Waals surface area contributed by atoms with Crippen LogP contribution in [0, 0.1) is 0 Å². The van der Waals surface area contributed by atoms with Gasteiger partial charge in [-0.05, 0) is 54.2 Å². The molecule has 0 aliphatic carbocycles. The van der Waals surface area contributed by atoms with Gasteiger partial charge >= 0.3 is 0 Å². The number of thiophene rings is 1. The number of amides is 1. The van der Waals surface area contributed by atoms with Crippen LogP contribution in [0.2, 0.25) is 0 Å². The normalized spacial score (nSPS) is 17.2. The summed E-state index contributed by atoms with van der Waals surface area (Å²) >= 11 is 1.49. The molecule has 1 aromatic carbocycles. The molecule has 6 nitrogen and oxygen atoms in total. The van der Waals surface area contributed by atoms with Crippen molar-refractivity contribution in [2.45, 2.75) is 18.8 Å². The lowest BCUT2D eigenvalue weighted by Crippen LogP contribution is -2.22. The van der Waals surface area contributed by atoms with Crippen LogP contribution < -0.4 is 10.5 Å². The average Bonchev–Trinajstić information content (AvgIpc) is 3.27. The third kappa shape index (κ3) is 3.35. The van der Waals surface area contributed by atoms with Crippen molar-refractivity contribution in [3.05, 3.63) is 41.6 Å². The number of aromatic amines is 1. The van der Waals surface area contributed by atoms with Gasteiger partial charge in [0.15, 0.2) is 5.06 Å². The molecule has 0 unspecified atom stereocenters. The first kappa shape index (κ1) is 18.1. The van der Waals surface area contributed by atoms with E-state index in [2.05, 4.69) is 4.98 Å². The summed E-state index contributed by atoms with van der Waals surface area (Å²) in [5, 5.41) is 1.72. The fourth-order valence-electron chi connectivity index (χ4n) is 3.71. The van der Waals surface area contributed by atoms with Gasteiger partial charge in [-0.25, -0.2) is 8.42 Å². The number of carbonyl (C=O) groups excluding carboxylic acids is 1. The van der Waals surface area contributed by atoms with Crippen LogP contribution in [0.5, 0.6) is 5.06 Å². The minimum Gasteiger partial charge on any atom is -0.487 e. The number of sulfone groups is 1. The predicted octanol–water partition coefficient (Wildman–Crippen LogP) is 3.30. The van der Waals surface area contributed by atoms with Gasteiger partial charge in [-0.15, -0.1) is 0 Å². The molecule has 1 aliphatic heterocycles. The maximum Gasteiger partial charge on any atom is 0.250 e. The minimum absolute atomic E-state index is 0.149. The number of hydrogen-bond donors (Lipinski definition) is 2. The molecule has 2 aromatic heterocycles. The van der Waals surface area contributed by atoms with Gasteiger partial charge in [0.25, 0.3) is 5.91 Å². The lowest BCUT2D eigenvalue weighted by atomic mass is 9.91. The SMILES string of the molecule is COc1ccc(-c2cc(C(N)=O)c3[nH]cc(C4CCS(=O)(=O)CC4)c3c2)s1. The number of aromatic nitrogens is 1. The van der Waals surface area contributed by atoms with Gasteiger partial charge in [0, 0.05) is 16.5 Å². The third-order valence-corrected chi connectivity index (χ3v) is 7.96. The second kappa shape index (κ2) is 6.69. The number of methoxy groups -OCH3 is 1. The number of ether oxygens (including phenoxy) is 1. The fraction of sp³-hybridized carbons (Fsp3) is 0.316. The summed E-state index contributed by atoms with van der Waals surface area (Å²) in [7, 11) is -1.31. The van der Waals surface area contributed by atoms with E-state index in [0.29, 0.717) is 23.9 Å². The van der Waals surface area contributed by atoms with Gasteiger partial charge in [-0.1, -0.05) is 11.3 Å². The highest BCUT2D eigenvalue weighted by atomic mass is 32.2. The van der Waals surface area contributed by atoms with Gasteiger partial charge in [0.1, 0.15) is 9.84 Å². The number of H-pyrrole nitrogens is 1. The van der Waals surface area contributed by atoms with Crippen molar-refractivity contribution in [2.24, 2.45) is 5.73 Å². The fourth-order valence-corrected chi connectivity index (χ4v) is 6.01. The maximum absolute atomic E-state index is 12.0. The van der Waals surface area contributed by atoms with E-state index in [1.54, 1.807) is 13.2 Å². The van der Waals surface area contributed by atoms with Crippen molar-refractivity contribution >= 4 is 38.0 Å². The predicted molar refractivity (Wildman–Crippen MR) is 107 cm³/mol. The summed E-state index contributed by atoms with van der Waals surface area (Å²) < 4.78 is 28.8. The second-order valence-electron chi connectivity index (χ2n) is 6.80. The largest absolute Gasteiger partial charge is 0.487 e. The number of primary amides is 1. The Kier molecular flexibility index (Phi) is 4.47. The number of nitrogens with two attached hydrogens (primary N) is 1. The number of benzene rings is 1. The van der Waals surface area contributed by atoms with Crippen LogP contribution in [-0.2, 0) is 9.84 Å². The molecule has 4 rings (SSSR count). The van der Waals surface area contributed by atoms with Gasteiger partial charge in [0.05, 0.1) is 29.7 Å². The Morgan fingerprint density at radius 1 is 1.26 bits per heavy atom. The topological polar surface area (TPSA) is 102 Å². The molecule has 0 spiro atoms.